The Morgan fingerprint density at radius 2 is 2.03 bits per heavy atom. The SMILES string of the molecule is COc1ccc(Cn2cnc3sc4c(c3c2=O)CCC(NCc2cccs2)C4)c2ccccc12. The summed E-state index contributed by atoms with van der Waals surface area (Å²) >= 11 is 3.47. The molecule has 172 valence electrons. The monoisotopic (exact) mass is 487 g/mol. The number of nitrogens with one attached hydrogen (secondary N) is 1. The average Bonchev–Trinajstić information content (AvgIpc) is 3.52. The standard InChI is InChI=1S/C27H25N3O2S2/c1-32-23-11-8-17(20-6-2-3-7-21(20)23)15-30-16-29-26-25(27(30)31)22-10-9-18(13-24(22)34-26)28-14-19-5-4-12-33-19/h2-8,11-12,16,18,28H,9-10,13-15H2,1H3. The Labute approximate surface area is 205 Å². The molecule has 3 heterocycles. The van der Waals surface area contributed by atoms with Gasteiger partial charge < -0.3 is 10.1 Å². The Kier molecular flexibility index (Phi) is 5.69. The lowest BCUT2D eigenvalue weighted by molar-refractivity contribution is 0.419. The van der Waals surface area contributed by atoms with E-state index in [1.54, 1.807) is 40.7 Å². The number of hydrogen-bond acceptors (Lipinski definition) is 6. The van der Waals surface area contributed by atoms with Crippen molar-refractivity contribution < 1.29 is 4.74 Å². The van der Waals surface area contributed by atoms with Crippen LogP contribution in [0.5, 0.6) is 5.75 Å². The van der Waals surface area contributed by atoms with Crippen LogP contribution in [-0.4, -0.2) is 22.7 Å². The molecule has 5 aromatic rings. The van der Waals surface area contributed by atoms with Crippen molar-refractivity contribution >= 4 is 43.7 Å². The quantitative estimate of drug-likeness (QED) is 0.350. The Bertz CT molecular complexity index is 1540. The summed E-state index contributed by atoms with van der Waals surface area (Å²) in [5, 5.41) is 8.78. The molecular formula is C27H25N3O2S2. The van der Waals surface area contributed by atoms with Gasteiger partial charge in [-0.05, 0) is 53.3 Å². The van der Waals surface area contributed by atoms with Crippen LogP contribution in [0.2, 0.25) is 0 Å². The first-order valence-electron chi connectivity index (χ1n) is 11.5. The van der Waals surface area contributed by atoms with Crippen LogP contribution in [0.25, 0.3) is 21.0 Å². The number of aromatic nitrogens is 2. The molecule has 7 heteroatoms. The van der Waals surface area contributed by atoms with Crippen LogP contribution in [0.1, 0.15) is 27.3 Å². The molecule has 0 spiro atoms. The number of aryl methyl sites for hydroxylation is 1. The molecule has 0 amide bonds. The molecule has 1 aliphatic carbocycles. The molecule has 3 aromatic heterocycles. The zero-order chi connectivity index (χ0) is 23.1. The fraction of sp³-hybridized carbons (Fsp3) is 0.259. The molecule has 6 rings (SSSR count). The van der Waals surface area contributed by atoms with E-state index in [1.807, 2.05) is 24.3 Å². The number of methoxy groups -OCH3 is 1. The van der Waals surface area contributed by atoms with Crippen LogP contribution in [-0.2, 0) is 25.9 Å². The summed E-state index contributed by atoms with van der Waals surface area (Å²) in [4.78, 5) is 21.8. The Balaban J connectivity index is 1.30. The topological polar surface area (TPSA) is 56.2 Å². The van der Waals surface area contributed by atoms with Gasteiger partial charge in [-0.15, -0.1) is 22.7 Å². The zero-order valence-electron chi connectivity index (χ0n) is 18.9. The van der Waals surface area contributed by atoms with Gasteiger partial charge in [0.15, 0.2) is 0 Å². The number of thiophene rings is 2. The second kappa shape index (κ2) is 8.98. The van der Waals surface area contributed by atoms with Crippen LogP contribution < -0.4 is 15.6 Å². The summed E-state index contributed by atoms with van der Waals surface area (Å²) in [6.07, 6.45) is 4.63. The normalized spacial score (nSPS) is 15.6. The van der Waals surface area contributed by atoms with Crippen molar-refractivity contribution in [1.82, 2.24) is 14.9 Å². The van der Waals surface area contributed by atoms with E-state index in [9.17, 15) is 4.79 Å². The van der Waals surface area contributed by atoms with Crippen molar-refractivity contribution in [3.8, 4) is 5.75 Å². The first-order chi connectivity index (χ1) is 16.7. The molecule has 0 aliphatic heterocycles. The summed E-state index contributed by atoms with van der Waals surface area (Å²) in [5.74, 6) is 0.842. The first kappa shape index (κ1) is 21.5. The lowest BCUT2D eigenvalue weighted by Crippen LogP contribution is -2.33. The van der Waals surface area contributed by atoms with Crippen molar-refractivity contribution in [2.24, 2.45) is 0 Å². The third-order valence-corrected chi connectivity index (χ3v) is 8.75. The lowest BCUT2D eigenvalue weighted by atomic mass is 9.93. The number of fused-ring (bicyclic) bond motifs is 4. The van der Waals surface area contributed by atoms with Crippen molar-refractivity contribution in [3.63, 3.8) is 0 Å². The van der Waals surface area contributed by atoms with E-state index in [-0.39, 0.29) is 5.56 Å². The smallest absolute Gasteiger partial charge is 0.262 e. The van der Waals surface area contributed by atoms with Gasteiger partial charge in [0.2, 0.25) is 0 Å². The highest BCUT2D eigenvalue weighted by Crippen LogP contribution is 2.34. The minimum atomic E-state index is 0.0624. The Morgan fingerprint density at radius 1 is 1.15 bits per heavy atom. The molecule has 0 fully saturated rings. The van der Waals surface area contributed by atoms with E-state index in [1.165, 1.54) is 15.3 Å². The van der Waals surface area contributed by atoms with Gasteiger partial charge >= 0.3 is 0 Å². The Morgan fingerprint density at radius 3 is 2.85 bits per heavy atom. The molecule has 34 heavy (non-hydrogen) atoms. The van der Waals surface area contributed by atoms with Gasteiger partial charge in [0, 0.05) is 27.7 Å². The van der Waals surface area contributed by atoms with E-state index in [0.717, 1.165) is 58.1 Å². The molecule has 1 N–H and O–H groups in total. The average molecular weight is 488 g/mol. The molecular weight excluding hydrogens is 462 g/mol. The van der Waals surface area contributed by atoms with Crippen LogP contribution in [0.3, 0.4) is 0 Å². The van der Waals surface area contributed by atoms with Crippen molar-refractivity contribution in [1.29, 1.82) is 0 Å². The second-order valence-corrected chi connectivity index (χ2v) is 10.8. The molecule has 0 saturated heterocycles. The number of nitrogens with zero attached hydrogens (tertiary/aromatic N) is 2. The highest BCUT2D eigenvalue weighted by atomic mass is 32.1. The predicted octanol–water partition coefficient (Wildman–Crippen LogP) is 5.38. The highest BCUT2D eigenvalue weighted by Gasteiger charge is 2.25. The van der Waals surface area contributed by atoms with Crippen molar-refractivity contribution in [2.45, 2.75) is 38.4 Å². The summed E-state index contributed by atoms with van der Waals surface area (Å²) in [5.41, 5.74) is 2.36. The maximum Gasteiger partial charge on any atom is 0.262 e. The predicted molar refractivity (Wildman–Crippen MR) is 140 cm³/mol. The van der Waals surface area contributed by atoms with Gasteiger partial charge in [-0.25, -0.2) is 4.98 Å². The highest BCUT2D eigenvalue weighted by molar-refractivity contribution is 7.18. The van der Waals surface area contributed by atoms with Gasteiger partial charge in [0.25, 0.3) is 5.56 Å². The van der Waals surface area contributed by atoms with Crippen LogP contribution in [0.15, 0.2) is 65.0 Å². The van der Waals surface area contributed by atoms with Gasteiger partial charge in [0.1, 0.15) is 10.6 Å². The largest absolute Gasteiger partial charge is 0.496 e. The number of benzene rings is 2. The van der Waals surface area contributed by atoms with Gasteiger partial charge in [-0.3, -0.25) is 9.36 Å². The molecule has 0 saturated carbocycles. The summed E-state index contributed by atoms with van der Waals surface area (Å²) in [7, 11) is 1.69. The minimum Gasteiger partial charge on any atom is -0.496 e. The third kappa shape index (κ3) is 3.83. The molecule has 0 radical (unpaired) electrons. The second-order valence-electron chi connectivity index (χ2n) is 8.73. The van der Waals surface area contributed by atoms with Crippen LogP contribution >= 0.6 is 22.7 Å². The van der Waals surface area contributed by atoms with Crippen LogP contribution in [0, 0.1) is 0 Å². The van der Waals surface area contributed by atoms with Gasteiger partial charge in [0.05, 0.1) is 25.4 Å². The van der Waals surface area contributed by atoms with E-state index in [2.05, 4.69) is 35.0 Å². The van der Waals surface area contributed by atoms with Crippen molar-refractivity contribution in [3.05, 3.63) is 91.5 Å². The minimum absolute atomic E-state index is 0.0624. The van der Waals surface area contributed by atoms with Gasteiger partial charge in [-0.2, -0.15) is 0 Å². The van der Waals surface area contributed by atoms with E-state index >= 15 is 0 Å². The maximum atomic E-state index is 13.6. The number of hydrogen-bond donors (Lipinski definition) is 1. The fourth-order valence-corrected chi connectivity index (χ4v) is 6.89. The number of rotatable bonds is 6. The summed E-state index contributed by atoms with van der Waals surface area (Å²) in [6, 6.07) is 16.9. The number of ether oxygens (including phenoxy) is 1. The Hall–Kier alpha value is -3.00. The molecule has 5 nitrogen and oxygen atoms in total. The molecule has 1 aliphatic rings. The third-order valence-electron chi connectivity index (χ3n) is 6.72. The van der Waals surface area contributed by atoms with E-state index < -0.39 is 0 Å². The maximum absolute atomic E-state index is 13.6. The molecule has 1 unspecified atom stereocenters. The summed E-state index contributed by atoms with van der Waals surface area (Å²) in [6.45, 7) is 1.39. The van der Waals surface area contributed by atoms with Crippen LogP contribution in [0.4, 0.5) is 0 Å². The van der Waals surface area contributed by atoms with E-state index in [4.69, 9.17) is 9.72 Å². The molecule has 2 aromatic carbocycles. The zero-order valence-corrected chi connectivity index (χ0v) is 20.5. The fourth-order valence-electron chi connectivity index (χ4n) is 4.98. The van der Waals surface area contributed by atoms with Crippen molar-refractivity contribution in [2.75, 3.05) is 7.11 Å². The lowest BCUT2D eigenvalue weighted by Gasteiger charge is -2.23. The first-order valence-corrected chi connectivity index (χ1v) is 13.2. The molecule has 0 bridgehead atoms. The molecule has 1 atom stereocenters. The summed E-state index contributed by atoms with van der Waals surface area (Å²) < 4.78 is 7.28. The van der Waals surface area contributed by atoms with Gasteiger partial charge in [-0.1, -0.05) is 36.4 Å². The van der Waals surface area contributed by atoms with E-state index in [0.29, 0.717) is 12.6 Å².